The summed E-state index contributed by atoms with van der Waals surface area (Å²) in [5.41, 5.74) is 3.51. The molecule has 0 bridgehead atoms. The number of nitrogens with one attached hydrogen (secondary N) is 1. The first-order valence-electron chi connectivity index (χ1n) is 8.57. The largest absolute Gasteiger partial charge is 0.488 e. The molecule has 0 saturated heterocycles. The molecule has 1 N–H and O–H groups in total. The maximum Gasteiger partial charge on any atom is 0.259 e. The van der Waals surface area contributed by atoms with Crippen LogP contribution in [0.2, 0.25) is 0 Å². The van der Waals surface area contributed by atoms with Crippen LogP contribution in [0.3, 0.4) is 0 Å². The molecule has 1 aromatic heterocycles. The maximum absolute atomic E-state index is 12.4. The lowest BCUT2D eigenvalue weighted by Crippen LogP contribution is -2.10. The summed E-state index contributed by atoms with van der Waals surface area (Å²) in [6.45, 7) is 2.49. The summed E-state index contributed by atoms with van der Waals surface area (Å²) in [7, 11) is 0. The lowest BCUT2D eigenvalue weighted by Gasteiger charge is -2.12. The van der Waals surface area contributed by atoms with Crippen LogP contribution >= 0.6 is 15.9 Å². The second-order valence-corrected chi connectivity index (χ2v) is 7.26. The van der Waals surface area contributed by atoms with Gasteiger partial charge in [-0.3, -0.25) is 4.79 Å². The molecule has 1 heterocycles. The van der Waals surface area contributed by atoms with Crippen molar-refractivity contribution < 1.29 is 4.74 Å². The monoisotopic (exact) mass is 420 g/mol. The molecule has 3 aromatic carbocycles. The molecule has 0 amide bonds. The van der Waals surface area contributed by atoms with Crippen molar-refractivity contribution in [2.75, 3.05) is 0 Å². The summed E-state index contributed by atoms with van der Waals surface area (Å²) in [6.07, 6.45) is 0. The van der Waals surface area contributed by atoms with Gasteiger partial charge >= 0.3 is 0 Å². The first kappa shape index (κ1) is 17.5. The van der Waals surface area contributed by atoms with Crippen molar-refractivity contribution in [3.8, 4) is 17.1 Å². The number of hydrogen-bond donors (Lipinski definition) is 1. The molecule has 0 atom stereocenters. The molecule has 0 fully saturated rings. The van der Waals surface area contributed by atoms with Gasteiger partial charge in [0, 0.05) is 4.47 Å². The quantitative estimate of drug-likeness (QED) is 0.490. The fraction of sp³-hybridized carbons (Fsp3) is 0.0909. The number of nitrogens with zero attached hydrogens (tertiary/aromatic N) is 1. The molecule has 0 unspecified atom stereocenters. The van der Waals surface area contributed by atoms with Gasteiger partial charge in [0.2, 0.25) is 0 Å². The van der Waals surface area contributed by atoms with Gasteiger partial charge in [0.25, 0.3) is 5.56 Å². The minimum absolute atomic E-state index is 0.167. The fourth-order valence-corrected chi connectivity index (χ4v) is 3.23. The highest BCUT2D eigenvalue weighted by Crippen LogP contribution is 2.31. The summed E-state index contributed by atoms with van der Waals surface area (Å²) < 4.78 is 6.93. The Morgan fingerprint density at radius 2 is 1.81 bits per heavy atom. The van der Waals surface area contributed by atoms with Crippen LogP contribution in [0.25, 0.3) is 22.3 Å². The van der Waals surface area contributed by atoms with Crippen LogP contribution in [0, 0.1) is 6.92 Å². The van der Waals surface area contributed by atoms with Crippen molar-refractivity contribution in [1.29, 1.82) is 0 Å². The molecule has 134 valence electrons. The van der Waals surface area contributed by atoms with Crippen LogP contribution in [0.4, 0.5) is 0 Å². The number of benzene rings is 3. The number of halogens is 1. The molecule has 4 aromatic rings. The molecule has 0 saturated carbocycles. The van der Waals surface area contributed by atoms with Gasteiger partial charge in [-0.2, -0.15) is 0 Å². The number of aromatic nitrogens is 2. The molecule has 0 aliphatic carbocycles. The second kappa shape index (κ2) is 7.37. The van der Waals surface area contributed by atoms with E-state index in [1.54, 1.807) is 6.07 Å². The van der Waals surface area contributed by atoms with Crippen LogP contribution in [0.1, 0.15) is 11.1 Å². The van der Waals surface area contributed by atoms with Gasteiger partial charge in [-0.1, -0.05) is 57.9 Å². The third-order valence-corrected chi connectivity index (χ3v) is 4.82. The third-order valence-electron chi connectivity index (χ3n) is 4.32. The summed E-state index contributed by atoms with van der Waals surface area (Å²) in [6, 6.07) is 21.2. The Morgan fingerprint density at radius 1 is 1.04 bits per heavy atom. The third kappa shape index (κ3) is 3.78. The molecule has 0 aliphatic rings. The number of fused-ring (bicyclic) bond motifs is 1. The Morgan fingerprint density at radius 3 is 2.63 bits per heavy atom. The average Bonchev–Trinajstić information content (AvgIpc) is 2.68. The van der Waals surface area contributed by atoms with Crippen molar-refractivity contribution in [3.63, 3.8) is 0 Å². The summed E-state index contributed by atoms with van der Waals surface area (Å²) in [5, 5.41) is 0.568. The molecule has 27 heavy (non-hydrogen) atoms. The van der Waals surface area contributed by atoms with E-state index in [0.29, 0.717) is 29.1 Å². The number of ether oxygens (including phenoxy) is 1. The van der Waals surface area contributed by atoms with Gasteiger partial charge < -0.3 is 9.72 Å². The minimum atomic E-state index is -0.167. The Hall–Kier alpha value is -2.92. The summed E-state index contributed by atoms with van der Waals surface area (Å²) in [4.78, 5) is 19.9. The first-order valence-corrected chi connectivity index (χ1v) is 9.37. The van der Waals surface area contributed by atoms with E-state index in [0.717, 1.165) is 15.6 Å². The highest BCUT2D eigenvalue weighted by atomic mass is 79.9. The predicted octanol–water partition coefficient (Wildman–Crippen LogP) is 5.24. The zero-order valence-electron chi connectivity index (χ0n) is 14.7. The van der Waals surface area contributed by atoms with Crippen LogP contribution in [0.5, 0.6) is 5.75 Å². The molecular formula is C22H17BrN2O2. The van der Waals surface area contributed by atoms with E-state index in [4.69, 9.17) is 4.74 Å². The van der Waals surface area contributed by atoms with E-state index in [2.05, 4.69) is 45.0 Å². The number of para-hydroxylation sites is 1. The van der Waals surface area contributed by atoms with E-state index in [9.17, 15) is 4.79 Å². The SMILES string of the molecule is Cc1ccc(COc2ccc(Br)cc2-c2nc3ccccc3c(=O)[nH]2)cc1. The average molecular weight is 421 g/mol. The summed E-state index contributed by atoms with van der Waals surface area (Å²) in [5.74, 6) is 1.15. The molecule has 4 nitrogen and oxygen atoms in total. The molecule has 0 aliphatic heterocycles. The predicted molar refractivity (Wildman–Crippen MR) is 111 cm³/mol. The normalized spacial score (nSPS) is 10.9. The van der Waals surface area contributed by atoms with Gasteiger partial charge in [-0.25, -0.2) is 4.98 Å². The molecular weight excluding hydrogens is 404 g/mol. The fourth-order valence-electron chi connectivity index (χ4n) is 2.87. The van der Waals surface area contributed by atoms with E-state index >= 15 is 0 Å². The van der Waals surface area contributed by atoms with Gasteiger partial charge in [0.1, 0.15) is 18.2 Å². The van der Waals surface area contributed by atoms with Gasteiger partial charge in [-0.15, -0.1) is 0 Å². The van der Waals surface area contributed by atoms with Gasteiger partial charge in [0.15, 0.2) is 0 Å². The highest BCUT2D eigenvalue weighted by Gasteiger charge is 2.12. The van der Waals surface area contributed by atoms with Gasteiger partial charge in [0.05, 0.1) is 16.5 Å². The zero-order valence-corrected chi connectivity index (χ0v) is 16.3. The smallest absolute Gasteiger partial charge is 0.259 e. The standard InChI is InChI=1S/C22H17BrN2O2/c1-14-6-8-15(9-7-14)13-27-20-11-10-16(23)12-18(20)21-24-19-5-3-2-4-17(19)22(26)25-21/h2-12H,13H2,1H3,(H,24,25,26). The van der Waals surface area contributed by atoms with Crippen molar-refractivity contribution in [2.45, 2.75) is 13.5 Å². The molecule has 0 spiro atoms. The van der Waals surface area contributed by atoms with Crippen LogP contribution in [-0.4, -0.2) is 9.97 Å². The van der Waals surface area contributed by atoms with Crippen LogP contribution in [0.15, 0.2) is 76.0 Å². The lowest BCUT2D eigenvalue weighted by molar-refractivity contribution is 0.307. The highest BCUT2D eigenvalue weighted by molar-refractivity contribution is 9.10. The first-order chi connectivity index (χ1) is 13.1. The van der Waals surface area contributed by atoms with Crippen molar-refractivity contribution in [3.05, 3.63) is 92.7 Å². The zero-order chi connectivity index (χ0) is 18.8. The summed E-state index contributed by atoms with van der Waals surface area (Å²) >= 11 is 3.49. The molecule has 5 heteroatoms. The molecule has 4 rings (SSSR count). The van der Waals surface area contributed by atoms with Gasteiger partial charge in [-0.05, 0) is 42.8 Å². The van der Waals surface area contributed by atoms with E-state index < -0.39 is 0 Å². The van der Waals surface area contributed by atoms with E-state index in [1.165, 1.54) is 5.56 Å². The van der Waals surface area contributed by atoms with Crippen LogP contribution < -0.4 is 10.3 Å². The topological polar surface area (TPSA) is 55.0 Å². The number of hydrogen-bond acceptors (Lipinski definition) is 3. The Labute approximate surface area is 165 Å². The number of aromatic amines is 1. The van der Waals surface area contributed by atoms with Crippen molar-refractivity contribution >= 4 is 26.8 Å². The Kier molecular flexibility index (Phi) is 4.77. The van der Waals surface area contributed by atoms with E-state index in [-0.39, 0.29) is 5.56 Å². The lowest BCUT2D eigenvalue weighted by atomic mass is 10.1. The number of H-pyrrole nitrogens is 1. The van der Waals surface area contributed by atoms with Crippen LogP contribution in [-0.2, 0) is 6.61 Å². The van der Waals surface area contributed by atoms with Crippen molar-refractivity contribution in [2.24, 2.45) is 0 Å². The number of aryl methyl sites for hydroxylation is 1. The van der Waals surface area contributed by atoms with Crippen molar-refractivity contribution in [1.82, 2.24) is 9.97 Å². The van der Waals surface area contributed by atoms with E-state index in [1.807, 2.05) is 48.5 Å². The number of rotatable bonds is 4. The Balaban J connectivity index is 1.73. The molecule has 0 radical (unpaired) electrons. The maximum atomic E-state index is 12.4. The second-order valence-electron chi connectivity index (χ2n) is 6.35. The Bertz CT molecular complexity index is 1170. The minimum Gasteiger partial charge on any atom is -0.488 e.